The molecule has 0 saturated carbocycles. The monoisotopic (exact) mass is 312 g/mol. The first kappa shape index (κ1) is 17.5. The van der Waals surface area contributed by atoms with E-state index in [0.717, 1.165) is 5.56 Å². The molecule has 0 aliphatic rings. The summed E-state index contributed by atoms with van der Waals surface area (Å²) < 4.78 is 0. The van der Waals surface area contributed by atoms with Gasteiger partial charge in [-0.05, 0) is 18.4 Å². The molecular weight excluding hydrogens is 292 g/mol. The Kier molecular flexibility index (Phi) is 7.85. The summed E-state index contributed by atoms with van der Waals surface area (Å²) in [5.74, 6) is -1.34. The van der Waals surface area contributed by atoms with Gasteiger partial charge in [-0.15, -0.1) is 0 Å². The summed E-state index contributed by atoms with van der Waals surface area (Å²) in [5.41, 5.74) is 0.927. The molecule has 2 atom stereocenters. The second-order valence-electron chi connectivity index (χ2n) is 4.70. The third-order valence-corrected chi connectivity index (χ3v) is 4.37. The van der Waals surface area contributed by atoms with Gasteiger partial charge in [0.2, 0.25) is 0 Å². The Bertz CT molecular complexity index is 449. The maximum absolute atomic E-state index is 10.6. The van der Waals surface area contributed by atoms with E-state index < -0.39 is 18.0 Å². The van der Waals surface area contributed by atoms with Crippen molar-refractivity contribution in [1.82, 2.24) is 0 Å². The van der Waals surface area contributed by atoms with Crippen LogP contribution in [0.25, 0.3) is 0 Å². The minimum absolute atomic E-state index is 0.0262. The summed E-state index contributed by atoms with van der Waals surface area (Å²) in [6, 6.07) is 9.38. The molecule has 0 aromatic heterocycles. The Morgan fingerprint density at radius 3 is 2.24 bits per heavy atom. The molecule has 0 aliphatic heterocycles. The first-order valence-electron chi connectivity index (χ1n) is 6.79. The van der Waals surface area contributed by atoms with E-state index in [1.165, 1.54) is 11.8 Å². The summed E-state index contributed by atoms with van der Waals surface area (Å²) >= 11 is 1.39. The van der Waals surface area contributed by atoms with Crippen molar-refractivity contribution in [2.75, 3.05) is 5.75 Å². The molecule has 21 heavy (non-hydrogen) atoms. The lowest BCUT2D eigenvalue weighted by Gasteiger charge is -2.22. The molecule has 0 heterocycles. The summed E-state index contributed by atoms with van der Waals surface area (Å²) in [6.07, 6.45) is 0.157. The molecule has 0 spiro atoms. The molecular formula is C15H20O5S. The molecule has 5 nitrogen and oxygen atoms in total. The second-order valence-corrected chi connectivity index (χ2v) is 5.95. The number of aliphatic carboxylic acids is 2. The average molecular weight is 312 g/mol. The smallest absolute Gasteiger partial charge is 0.304 e. The van der Waals surface area contributed by atoms with Crippen molar-refractivity contribution in [3.05, 3.63) is 35.9 Å². The van der Waals surface area contributed by atoms with Crippen LogP contribution in [0, 0.1) is 0 Å². The number of thioether (sulfide) groups is 1. The van der Waals surface area contributed by atoms with E-state index in [-0.39, 0.29) is 18.1 Å². The lowest BCUT2D eigenvalue weighted by atomic mass is 10.0. The van der Waals surface area contributed by atoms with Crippen LogP contribution in [0.4, 0.5) is 0 Å². The van der Waals surface area contributed by atoms with Crippen molar-refractivity contribution in [3.63, 3.8) is 0 Å². The number of carbonyl (C=O) groups is 2. The molecule has 0 amide bonds. The van der Waals surface area contributed by atoms with Gasteiger partial charge in [0, 0.05) is 12.2 Å². The second kappa shape index (κ2) is 9.41. The van der Waals surface area contributed by atoms with Gasteiger partial charge in [-0.25, -0.2) is 0 Å². The molecule has 0 bridgehead atoms. The van der Waals surface area contributed by atoms with Crippen molar-refractivity contribution in [3.8, 4) is 0 Å². The van der Waals surface area contributed by atoms with Crippen LogP contribution in [-0.2, 0) is 9.59 Å². The first-order valence-corrected chi connectivity index (χ1v) is 7.83. The van der Waals surface area contributed by atoms with Crippen LogP contribution in [0.1, 0.15) is 36.5 Å². The average Bonchev–Trinajstić information content (AvgIpc) is 2.43. The summed E-state index contributed by atoms with van der Waals surface area (Å²) in [7, 11) is 0. The zero-order chi connectivity index (χ0) is 15.7. The predicted octanol–water partition coefficient (Wildman–Crippen LogP) is 2.55. The highest BCUT2D eigenvalue weighted by Crippen LogP contribution is 2.34. The zero-order valence-electron chi connectivity index (χ0n) is 11.6. The molecule has 6 heteroatoms. The fourth-order valence-electron chi connectivity index (χ4n) is 1.96. The molecule has 0 saturated heterocycles. The molecule has 0 fully saturated rings. The fourth-order valence-corrected chi connectivity index (χ4v) is 3.21. The molecule has 0 aliphatic carbocycles. The number of aliphatic hydroxyl groups is 1. The third-order valence-electron chi connectivity index (χ3n) is 2.98. The number of carboxylic acids is 2. The summed E-state index contributed by atoms with van der Waals surface area (Å²) in [4.78, 5) is 21.1. The highest BCUT2D eigenvalue weighted by Gasteiger charge is 2.21. The standard InChI is InChI=1S/C15H20O5S/c16-12(7-4-8-13(17)18)15(21-10-9-14(19)20)11-5-2-1-3-6-11/h1-3,5-6,12,15-16H,4,7-10H2,(H,17,18)(H,19,20). The van der Waals surface area contributed by atoms with Gasteiger partial charge in [0.15, 0.2) is 0 Å². The quantitative estimate of drug-likeness (QED) is 0.614. The van der Waals surface area contributed by atoms with Crippen molar-refractivity contribution in [2.24, 2.45) is 0 Å². The van der Waals surface area contributed by atoms with Crippen LogP contribution >= 0.6 is 11.8 Å². The minimum atomic E-state index is -0.878. The van der Waals surface area contributed by atoms with Crippen molar-refractivity contribution in [1.29, 1.82) is 0 Å². The largest absolute Gasteiger partial charge is 0.481 e. The van der Waals surface area contributed by atoms with E-state index in [1.54, 1.807) is 0 Å². The Balaban J connectivity index is 2.62. The lowest BCUT2D eigenvalue weighted by Crippen LogP contribution is -2.17. The Morgan fingerprint density at radius 1 is 1.05 bits per heavy atom. The van der Waals surface area contributed by atoms with Gasteiger partial charge in [0.1, 0.15) is 0 Å². The van der Waals surface area contributed by atoms with Crippen LogP contribution in [0.3, 0.4) is 0 Å². The van der Waals surface area contributed by atoms with E-state index in [0.29, 0.717) is 18.6 Å². The van der Waals surface area contributed by atoms with E-state index in [9.17, 15) is 14.7 Å². The van der Waals surface area contributed by atoms with Crippen molar-refractivity contribution >= 4 is 23.7 Å². The third kappa shape index (κ3) is 7.15. The maximum Gasteiger partial charge on any atom is 0.304 e. The van der Waals surface area contributed by atoms with Crippen molar-refractivity contribution in [2.45, 2.75) is 37.0 Å². The van der Waals surface area contributed by atoms with Crippen LogP contribution in [0.2, 0.25) is 0 Å². The molecule has 1 rings (SSSR count). The molecule has 2 unspecified atom stereocenters. The number of rotatable bonds is 10. The number of aliphatic hydroxyl groups excluding tert-OH is 1. The number of carboxylic acid groups (broad SMARTS) is 2. The van der Waals surface area contributed by atoms with Crippen LogP contribution in [0.5, 0.6) is 0 Å². The van der Waals surface area contributed by atoms with Gasteiger partial charge in [-0.3, -0.25) is 9.59 Å². The molecule has 1 aromatic carbocycles. The van der Waals surface area contributed by atoms with Gasteiger partial charge in [0.25, 0.3) is 0 Å². The van der Waals surface area contributed by atoms with E-state index in [4.69, 9.17) is 10.2 Å². The predicted molar refractivity (Wildman–Crippen MR) is 81.4 cm³/mol. The summed E-state index contributed by atoms with van der Waals surface area (Å²) in [5, 5.41) is 27.4. The Labute approximate surface area is 128 Å². The number of benzene rings is 1. The normalized spacial score (nSPS) is 13.6. The Hall–Kier alpha value is -1.53. The topological polar surface area (TPSA) is 94.8 Å². The SMILES string of the molecule is O=C(O)CCCC(O)C(SCCC(=O)O)c1ccccc1. The first-order chi connectivity index (χ1) is 10.0. The van der Waals surface area contributed by atoms with Crippen LogP contribution < -0.4 is 0 Å². The van der Waals surface area contributed by atoms with Gasteiger partial charge in [-0.2, -0.15) is 11.8 Å². The summed E-state index contributed by atoms with van der Waals surface area (Å²) in [6.45, 7) is 0. The van der Waals surface area contributed by atoms with Gasteiger partial charge >= 0.3 is 11.9 Å². The molecule has 116 valence electrons. The highest BCUT2D eigenvalue weighted by atomic mass is 32.2. The minimum Gasteiger partial charge on any atom is -0.481 e. The Morgan fingerprint density at radius 2 is 1.67 bits per heavy atom. The van der Waals surface area contributed by atoms with Crippen LogP contribution in [0.15, 0.2) is 30.3 Å². The number of hydrogen-bond donors (Lipinski definition) is 3. The molecule has 0 radical (unpaired) electrons. The van der Waals surface area contributed by atoms with Gasteiger partial charge in [0.05, 0.1) is 17.8 Å². The van der Waals surface area contributed by atoms with Crippen LogP contribution in [-0.4, -0.2) is 39.1 Å². The van der Waals surface area contributed by atoms with E-state index in [1.807, 2.05) is 30.3 Å². The fraction of sp³-hybridized carbons (Fsp3) is 0.467. The zero-order valence-corrected chi connectivity index (χ0v) is 12.5. The van der Waals surface area contributed by atoms with Gasteiger partial charge < -0.3 is 15.3 Å². The van der Waals surface area contributed by atoms with Crippen molar-refractivity contribution < 1.29 is 24.9 Å². The molecule has 3 N–H and O–H groups in total. The molecule has 1 aromatic rings. The maximum atomic E-state index is 10.6. The van der Waals surface area contributed by atoms with E-state index in [2.05, 4.69) is 0 Å². The van der Waals surface area contributed by atoms with E-state index >= 15 is 0 Å². The lowest BCUT2D eigenvalue weighted by molar-refractivity contribution is -0.138. The van der Waals surface area contributed by atoms with Gasteiger partial charge in [-0.1, -0.05) is 30.3 Å². The number of hydrogen-bond acceptors (Lipinski definition) is 4. The highest BCUT2D eigenvalue weighted by molar-refractivity contribution is 7.99.